The lowest BCUT2D eigenvalue weighted by Crippen LogP contribution is -2.38. The first-order valence-corrected chi connectivity index (χ1v) is 9.14. The summed E-state index contributed by atoms with van der Waals surface area (Å²) in [5.41, 5.74) is 5.85. The number of nitrogens with zero attached hydrogens (tertiary/aromatic N) is 1. The van der Waals surface area contributed by atoms with E-state index in [1.54, 1.807) is 5.56 Å². The van der Waals surface area contributed by atoms with Crippen molar-refractivity contribution in [3.8, 4) is 5.75 Å². The fourth-order valence-electron chi connectivity index (χ4n) is 4.32. The second-order valence-electron chi connectivity index (χ2n) is 7.09. The smallest absolute Gasteiger partial charge is 0.143 e. The number of rotatable bonds is 2. The Morgan fingerprint density at radius 1 is 1.17 bits per heavy atom. The van der Waals surface area contributed by atoms with Crippen LogP contribution < -0.4 is 15.0 Å². The van der Waals surface area contributed by atoms with Gasteiger partial charge in [0.2, 0.25) is 0 Å². The predicted octanol–water partition coefficient (Wildman–Crippen LogP) is 2.31. The average molecular weight is 316 g/mol. The highest BCUT2D eigenvalue weighted by Gasteiger charge is 2.27. The second kappa shape index (κ2) is 6.70. The molecule has 3 aliphatic heterocycles. The van der Waals surface area contributed by atoms with Crippen molar-refractivity contribution < 1.29 is 9.47 Å². The zero-order valence-electron chi connectivity index (χ0n) is 14.2. The third-order valence-electron chi connectivity index (χ3n) is 5.61. The molecule has 0 bridgehead atoms. The van der Waals surface area contributed by atoms with Gasteiger partial charge in [0, 0.05) is 19.8 Å². The molecule has 0 amide bonds. The van der Waals surface area contributed by atoms with Gasteiger partial charge in [0.15, 0.2) is 0 Å². The van der Waals surface area contributed by atoms with Crippen LogP contribution in [0.4, 0.5) is 5.69 Å². The van der Waals surface area contributed by atoms with Crippen molar-refractivity contribution in [3.63, 3.8) is 0 Å². The van der Waals surface area contributed by atoms with Crippen molar-refractivity contribution in [1.82, 2.24) is 5.32 Å². The number of fused-ring (bicyclic) bond motifs is 2. The fourth-order valence-corrected chi connectivity index (χ4v) is 4.32. The topological polar surface area (TPSA) is 33.7 Å². The molecule has 0 spiro atoms. The van der Waals surface area contributed by atoms with Crippen molar-refractivity contribution in [2.75, 3.05) is 50.9 Å². The van der Waals surface area contributed by atoms with Crippen LogP contribution in [0.1, 0.15) is 29.5 Å². The van der Waals surface area contributed by atoms with E-state index in [2.05, 4.69) is 23.2 Å². The number of benzene rings is 1. The Bertz CT molecular complexity index is 567. The van der Waals surface area contributed by atoms with Gasteiger partial charge in [0.05, 0.1) is 12.2 Å². The summed E-state index contributed by atoms with van der Waals surface area (Å²) < 4.78 is 11.6. The predicted molar refractivity (Wildman–Crippen MR) is 92.7 cm³/mol. The molecule has 1 fully saturated rings. The van der Waals surface area contributed by atoms with E-state index >= 15 is 0 Å². The minimum atomic E-state index is 0.759. The zero-order valence-corrected chi connectivity index (χ0v) is 14.2. The summed E-state index contributed by atoms with van der Waals surface area (Å²) in [5, 5.41) is 3.52. The van der Waals surface area contributed by atoms with Gasteiger partial charge in [-0.05, 0) is 74.4 Å². The summed E-state index contributed by atoms with van der Waals surface area (Å²) in [6.45, 7) is 9.30. The maximum absolute atomic E-state index is 6.04. The normalized spacial score (nSPS) is 22.0. The first-order chi connectivity index (χ1) is 11.3. The van der Waals surface area contributed by atoms with Crippen LogP contribution in [0.2, 0.25) is 0 Å². The molecular weight excluding hydrogens is 288 g/mol. The molecule has 3 heterocycles. The van der Waals surface area contributed by atoms with Crippen molar-refractivity contribution in [2.24, 2.45) is 5.92 Å². The van der Waals surface area contributed by atoms with Gasteiger partial charge in [0.25, 0.3) is 0 Å². The van der Waals surface area contributed by atoms with Gasteiger partial charge in [-0.25, -0.2) is 0 Å². The lowest BCUT2D eigenvalue weighted by molar-refractivity contribution is 0.0678. The Kier molecular flexibility index (Phi) is 4.45. The van der Waals surface area contributed by atoms with E-state index < -0.39 is 0 Å². The third-order valence-corrected chi connectivity index (χ3v) is 5.61. The van der Waals surface area contributed by atoms with Gasteiger partial charge in [-0.3, -0.25) is 0 Å². The highest BCUT2D eigenvalue weighted by atomic mass is 16.5. The first kappa shape index (κ1) is 15.3. The van der Waals surface area contributed by atoms with E-state index in [0.29, 0.717) is 0 Å². The van der Waals surface area contributed by atoms with Crippen LogP contribution in [0.3, 0.4) is 0 Å². The van der Waals surface area contributed by atoms with E-state index in [9.17, 15) is 0 Å². The Morgan fingerprint density at radius 2 is 2.00 bits per heavy atom. The largest absolute Gasteiger partial charge is 0.490 e. The molecule has 0 unspecified atom stereocenters. The first-order valence-electron chi connectivity index (χ1n) is 9.14. The molecule has 4 nitrogen and oxygen atoms in total. The number of anilines is 1. The lowest BCUT2D eigenvalue weighted by atomic mass is 9.93. The van der Waals surface area contributed by atoms with Gasteiger partial charge in [-0.2, -0.15) is 0 Å². The molecule has 126 valence electrons. The summed E-state index contributed by atoms with van der Waals surface area (Å²) in [5.74, 6) is 1.87. The molecule has 1 saturated heterocycles. The van der Waals surface area contributed by atoms with Crippen molar-refractivity contribution in [3.05, 3.63) is 22.8 Å². The van der Waals surface area contributed by atoms with Crippen LogP contribution in [-0.4, -0.2) is 46.0 Å². The highest BCUT2D eigenvalue weighted by molar-refractivity contribution is 5.69. The minimum absolute atomic E-state index is 0.759. The highest BCUT2D eigenvalue weighted by Crippen LogP contribution is 2.40. The SMILES string of the molecule is Cc1c2c(cc3c1N(CC1CCOCC1)CCO3)CCNCC2. The number of nitrogens with one attached hydrogen (secondary N) is 1. The molecular formula is C19H28N2O2. The van der Waals surface area contributed by atoms with Gasteiger partial charge in [-0.15, -0.1) is 0 Å². The van der Waals surface area contributed by atoms with Gasteiger partial charge < -0.3 is 19.7 Å². The molecule has 0 aromatic heterocycles. The van der Waals surface area contributed by atoms with Crippen molar-refractivity contribution in [1.29, 1.82) is 0 Å². The Balaban J connectivity index is 1.64. The van der Waals surface area contributed by atoms with Gasteiger partial charge in [-0.1, -0.05) is 0 Å². The summed E-state index contributed by atoms with van der Waals surface area (Å²) >= 11 is 0. The van der Waals surface area contributed by atoms with Crippen LogP contribution in [0.15, 0.2) is 6.07 Å². The van der Waals surface area contributed by atoms with E-state index in [1.807, 2.05) is 0 Å². The standard InChI is InChI=1S/C19H28N2O2/c1-14-17-3-7-20-6-2-16(17)12-18-19(14)21(8-11-23-18)13-15-4-9-22-10-5-15/h12,15,20H,2-11,13H2,1H3. The average Bonchev–Trinajstić information content (AvgIpc) is 2.82. The summed E-state index contributed by atoms with van der Waals surface area (Å²) in [6, 6.07) is 2.32. The lowest BCUT2D eigenvalue weighted by Gasteiger charge is -2.37. The van der Waals surface area contributed by atoms with Gasteiger partial charge in [0.1, 0.15) is 12.4 Å². The van der Waals surface area contributed by atoms with Crippen molar-refractivity contribution >= 4 is 5.69 Å². The molecule has 0 aliphatic carbocycles. The maximum Gasteiger partial charge on any atom is 0.143 e. The maximum atomic E-state index is 6.04. The monoisotopic (exact) mass is 316 g/mol. The van der Waals surface area contributed by atoms with Crippen LogP contribution in [0.25, 0.3) is 0 Å². The van der Waals surface area contributed by atoms with Gasteiger partial charge >= 0.3 is 0 Å². The van der Waals surface area contributed by atoms with Crippen LogP contribution in [0.5, 0.6) is 5.75 Å². The Morgan fingerprint density at radius 3 is 2.87 bits per heavy atom. The summed E-state index contributed by atoms with van der Waals surface area (Å²) in [4.78, 5) is 2.59. The van der Waals surface area contributed by atoms with E-state index in [1.165, 1.54) is 29.7 Å². The molecule has 23 heavy (non-hydrogen) atoms. The fraction of sp³-hybridized carbons (Fsp3) is 0.684. The summed E-state index contributed by atoms with van der Waals surface area (Å²) in [6.07, 6.45) is 4.65. The van der Waals surface area contributed by atoms with E-state index in [4.69, 9.17) is 9.47 Å². The molecule has 0 radical (unpaired) electrons. The molecule has 4 heteroatoms. The quantitative estimate of drug-likeness (QED) is 0.908. The Hall–Kier alpha value is -1.26. The number of ether oxygens (including phenoxy) is 2. The molecule has 4 rings (SSSR count). The second-order valence-corrected chi connectivity index (χ2v) is 7.09. The van der Waals surface area contributed by atoms with E-state index in [-0.39, 0.29) is 0 Å². The van der Waals surface area contributed by atoms with Crippen LogP contribution in [0, 0.1) is 12.8 Å². The van der Waals surface area contributed by atoms with Crippen LogP contribution in [-0.2, 0) is 17.6 Å². The van der Waals surface area contributed by atoms with Crippen LogP contribution >= 0.6 is 0 Å². The number of hydrogen-bond donors (Lipinski definition) is 1. The molecule has 1 N–H and O–H groups in total. The molecule has 3 aliphatic rings. The van der Waals surface area contributed by atoms with Crippen molar-refractivity contribution in [2.45, 2.75) is 32.6 Å². The number of hydrogen-bond acceptors (Lipinski definition) is 4. The third kappa shape index (κ3) is 3.07. The Labute approximate surface area is 139 Å². The minimum Gasteiger partial charge on any atom is -0.490 e. The molecule has 0 atom stereocenters. The molecule has 0 saturated carbocycles. The molecule has 1 aromatic rings. The summed E-state index contributed by atoms with van der Waals surface area (Å²) in [7, 11) is 0. The van der Waals surface area contributed by atoms with E-state index in [0.717, 1.165) is 70.5 Å². The zero-order chi connectivity index (χ0) is 15.6. The molecule has 1 aromatic carbocycles.